The van der Waals surface area contributed by atoms with Crippen molar-refractivity contribution >= 4 is 15.7 Å². The van der Waals surface area contributed by atoms with Gasteiger partial charge < -0.3 is 4.74 Å². The van der Waals surface area contributed by atoms with Crippen molar-refractivity contribution in [3.8, 4) is 0 Å². The molecule has 0 aromatic heterocycles. The van der Waals surface area contributed by atoms with E-state index in [1.165, 1.54) is 28.6 Å². The van der Waals surface area contributed by atoms with Crippen molar-refractivity contribution in [2.75, 3.05) is 19.7 Å². The molecule has 1 atom stereocenters. The van der Waals surface area contributed by atoms with Crippen molar-refractivity contribution in [1.82, 2.24) is 4.31 Å². The van der Waals surface area contributed by atoms with Crippen LogP contribution in [0.5, 0.6) is 0 Å². The normalized spacial score (nSPS) is 18.6. The first-order valence-electron chi connectivity index (χ1n) is 7.91. The highest BCUT2D eigenvalue weighted by Crippen LogP contribution is 2.29. The lowest BCUT2D eigenvalue weighted by molar-refractivity contribution is -0.385. The molecule has 1 heterocycles. The Morgan fingerprint density at radius 3 is 2.58 bits per heavy atom. The average molecular weight is 380 g/mol. The van der Waals surface area contributed by atoms with Crippen LogP contribution in [0.15, 0.2) is 47.4 Å². The molecular weight excluding hydrogens is 363 g/mol. The molecule has 7 nitrogen and oxygen atoms in total. The highest BCUT2D eigenvalue weighted by molar-refractivity contribution is 7.89. The Kier molecular flexibility index (Phi) is 5.03. The van der Waals surface area contributed by atoms with Crippen molar-refractivity contribution in [1.29, 1.82) is 0 Å². The summed E-state index contributed by atoms with van der Waals surface area (Å²) in [6.07, 6.45) is -0.530. The number of benzene rings is 2. The van der Waals surface area contributed by atoms with Gasteiger partial charge in [-0.1, -0.05) is 18.2 Å². The number of hydrogen-bond acceptors (Lipinski definition) is 5. The maximum atomic E-state index is 13.1. The van der Waals surface area contributed by atoms with Gasteiger partial charge in [-0.05, 0) is 30.2 Å². The van der Waals surface area contributed by atoms with E-state index in [9.17, 15) is 22.9 Å². The molecule has 0 aliphatic carbocycles. The fourth-order valence-electron chi connectivity index (χ4n) is 2.84. The van der Waals surface area contributed by atoms with Crippen LogP contribution in [-0.2, 0) is 14.8 Å². The minimum absolute atomic E-state index is 0.0517. The Morgan fingerprint density at radius 2 is 1.92 bits per heavy atom. The van der Waals surface area contributed by atoms with Crippen LogP contribution in [0.25, 0.3) is 0 Å². The molecule has 1 aliphatic heterocycles. The molecule has 0 saturated carbocycles. The first-order valence-corrected chi connectivity index (χ1v) is 9.35. The number of nitro benzene ring substituents is 1. The number of ether oxygens (including phenoxy) is 1. The van der Waals surface area contributed by atoms with E-state index >= 15 is 0 Å². The number of aryl methyl sites for hydroxylation is 1. The third-order valence-corrected chi connectivity index (χ3v) is 6.28. The molecule has 0 N–H and O–H groups in total. The summed E-state index contributed by atoms with van der Waals surface area (Å²) in [6, 6.07) is 9.45. The van der Waals surface area contributed by atoms with Gasteiger partial charge in [-0.3, -0.25) is 10.1 Å². The molecule has 1 fully saturated rings. The van der Waals surface area contributed by atoms with Crippen LogP contribution in [0.4, 0.5) is 10.1 Å². The van der Waals surface area contributed by atoms with Crippen LogP contribution in [-0.4, -0.2) is 37.3 Å². The fraction of sp³-hybridized carbons (Fsp3) is 0.294. The molecule has 3 rings (SSSR count). The third kappa shape index (κ3) is 3.59. The van der Waals surface area contributed by atoms with Crippen LogP contribution in [0.2, 0.25) is 0 Å². The number of nitro groups is 1. The van der Waals surface area contributed by atoms with Gasteiger partial charge in [0.1, 0.15) is 5.82 Å². The van der Waals surface area contributed by atoms with E-state index < -0.39 is 21.1 Å². The second kappa shape index (κ2) is 7.10. The second-order valence-corrected chi connectivity index (χ2v) is 7.89. The minimum Gasteiger partial charge on any atom is -0.371 e. The lowest BCUT2D eigenvalue weighted by atomic mass is 10.1. The van der Waals surface area contributed by atoms with E-state index in [4.69, 9.17) is 4.74 Å². The molecule has 1 aliphatic rings. The van der Waals surface area contributed by atoms with Gasteiger partial charge in [-0.15, -0.1) is 0 Å². The molecule has 1 saturated heterocycles. The van der Waals surface area contributed by atoms with E-state index in [-0.39, 0.29) is 36.1 Å². The summed E-state index contributed by atoms with van der Waals surface area (Å²) in [7, 11) is -3.92. The summed E-state index contributed by atoms with van der Waals surface area (Å²) in [5.74, 6) is -0.388. The van der Waals surface area contributed by atoms with E-state index in [2.05, 4.69) is 0 Å². The fourth-order valence-corrected chi connectivity index (χ4v) is 4.51. The molecule has 138 valence electrons. The number of non-ortho nitro benzene ring substituents is 1. The molecule has 0 spiro atoms. The molecule has 2 aromatic carbocycles. The highest BCUT2D eigenvalue weighted by atomic mass is 32.2. The lowest BCUT2D eigenvalue weighted by Gasteiger charge is -2.32. The molecule has 9 heteroatoms. The Balaban J connectivity index is 1.91. The molecule has 0 unspecified atom stereocenters. The molecule has 0 amide bonds. The van der Waals surface area contributed by atoms with Crippen molar-refractivity contribution in [2.24, 2.45) is 0 Å². The first kappa shape index (κ1) is 18.4. The zero-order valence-corrected chi connectivity index (χ0v) is 14.8. The number of morpholine rings is 1. The minimum atomic E-state index is -3.92. The summed E-state index contributed by atoms with van der Waals surface area (Å²) >= 11 is 0. The maximum Gasteiger partial charge on any atom is 0.270 e. The standard InChI is InChI=1S/C17H17FN2O5S/c1-12-2-7-15(20(21)22)10-17(12)26(23,24)19-8-9-25-16(11-19)13-3-5-14(18)6-4-13/h2-7,10,16H,8-9,11H2,1H3/t16-/m1/s1. The Morgan fingerprint density at radius 1 is 1.23 bits per heavy atom. The molecule has 0 bridgehead atoms. The average Bonchev–Trinajstić information content (AvgIpc) is 2.62. The van der Waals surface area contributed by atoms with E-state index in [0.717, 1.165) is 6.07 Å². The predicted octanol–water partition coefficient (Wildman–Crippen LogP) is 2.80. The summed E-state index contributed by atoms with van der Waals surface area (Å²) in [5, 5.41) is 11.0. The summed E-state index contributed by atoms with van der Waals surface area (Å²) in [4.78, 5) is 10.3. The van der Waals surface area contributed by atoms with Gasteiger partial charge in [0.25, 0.3) is 5.69 Å². The zero-order valence-electron chi connectivity index (χ0n) is 14.0. The van der Waals surface area contributed by atoms with Gasteiger partial charge in [-0.2, -0.15) is 4.31 Å². The maximum absolute atomic E-state index is 13.1. The Labute approximate surface area is 150 Å². The van der Waals surface area contributed by atoms with Crippen LogP contribution in [0.3, 0.4) is 0 Å². The van der Waals surface area contributed by atoms with Crippen LogP contribution in [0.1, 0.15) is 17.2 Å². The molecule has 26 heavy (non-hydrogen) atoms. The van der Waals surface area contributed by atoms with Gasteiger partial charge >= 0.3 is 0 Å². The van der Waals surface area contributed by atoms with Crippen molar-refractivity contribution in [3.63, 3.8) is 0 Å². The molecule has 2 aromatic rings. The number of sulfonamides is 1. The monoisotopic (exact) mass is 380 g/mol. The quantitative estimate of drug-likeness (QED) is 0.601. The Bertz CT molecular complexity index is 931. The van der Waals surface area contributed by atoms with E-state index in [1.807, 2.05) is 0 Å². The first-order chi connectivity index (χ1) is 12.3. The number of hydrogen-bond donors (Lipinski definition) is 0. The van der Waals surface area contributed by atoms with Crippen LogP contribution in [0, 0.1) is 22.9 Å². The number of rotatable bonds is 4. The van der Waals surface area contributed by atoms with Gasteiger partial charge in [0, 0.05) is 25.2 Å². The van der Waals surface area contributed by atoms with Crippen molar-refractivity contribution in [2.45, 2.75) is 17.9 Å². The third-order valence-electron chi connectivity index (χ3n) is 4.27. The SMILES string of the molecule is Cc1ccc([N+](=O)[O-])cc1S(=O)(=O)N1CCO[C@@H](c2ccc(F)cc2)C1. The summed E-state index contributed by atoms with van der Waals surface area (Å²) < 4.78 is 46.0. The zero-order chi connectivity index (χ0) is 18.9. The van der Waals surface area contributed by atoms with E-state index in [1.54, 1.807) is 19.1 Å². The van der Waals surface area contributed by atoms with E-state index in [0.29, 0.717) is 11.1 Å². The number of halogens is 1. The van der Waals surface area contributed by atoms with Gasteiger partial charge in [0.15, 0.2) is 0 Å². The van der Waals surface area contributed by atoms with Gasteiger partial charge in [0.05, 0.1) is 22.5 Å². The summed E-state index contributed by atoms with van der Waals surface area (Å²) in [6.45, 7) is 1.96. The Hall–Kier alpha value is -2.36. The van der Waals surface area contributed by atoms with Crippen LogP contribution < -0.4 is 0 Å². The molecule has 0 radical (unpaired) electrons. The van der Waals surface area contributed by atoms with Gasteiger partial charge in [-0.25, -0.2) is 12.8 Å². The highest BCUT2D eigenvalue weighted by Gasteiger charge is 2.33. The lowest BCUT2D eigenvalue weighted by Crippen LogP contribution is -2.42. The number of nitrogens with zero attached hydrogens (tertiary/aromatic N) is 2. The van der Waals surface area contributed by atoms with Crippen molar-refractivity contribution in [3.05, 3.63) is 69.5 Å². The molecular formula is C17H17FN2O5S. The smallest absolute Gasteiger partial charge is 0.270 e. The van der Waals surface area contributed by atoms with Crippen molar-refractivity contribution < 1.29 is 22.5 Å². The largest absolute Gasteiger partial charge is 0.371 e. The van der Waals surface area contributed by atoms with Crippen LogP contribution >= 0.6 is 0 Å². The van der Waals surface area contributed by atoms with Gasteiger partial charge in [0.2, 0.25) is 10.0 Å². The topological polar surface area (TPSA) is 89.8 Å². The predicted molar refractivity (Wildman–Crippen MR) is 91.7 cm³/mol. The second-order valence-electron chi connectivity index (χ2n) is 5.98. The summed E-state index contributed by atoms with van der Waals surface area (Å²) in [5.41, 5.74) is 0.819.